The molecule has 1 fully saturated rings. The molecule has 0 bridgehead atoms. The van der Waals surface area contributed by atoms with Gasteiger partial charge in [0.15, 0.2) is 0 Å². The molecule has 4 nitrogen and oxygen atoms in total. The molecule has 1 aliphatic rings. The highest BCUT2D eigenvalue weighted by Gasteiger charge is 2.35. The maximum absolute atomic E-state index is 12.8. The van der Waals surface area contributed by atoms with E-state index in [2.05, 4.69) is 4.72 Å². The van der Waals surface area contributed by atoms with Crippen LogP contribution in [0, 0.1) is 5.82 Å². The van der Waals surface area contributed by atoms with Gasteiger partial charge in [0, 0.05) is 19.4 Å². The van der Waals surface area contributed by atoms with Crippen molar-refractivity contribution in [3.63, 3.8) is 0 Å². The minimum absolute atomic E-state index is 0.0609. The highest BCUT2D eigenvalue weighted by atomic mass is 32.2. The van der Waals surface area contributed by atoms with Crippen molar-refractivity contribution in [2.75, 3.05) is 25.2 Å². The topological polar surface area (TPSA) is 55.4 Å². The lowest BCUT2D eigenvalue weighted by molar-refractivity contribution is 0.0179. The van der Waals surface area contributed by atoms with Gasteiger partial charge in [0.2, 0.25) is 10.0 Å². The van der Waals surface area contributed by atoms with Gasteiger partial charge in [-0.05, 0) is 36.4 Å². The van der Waals surface area contributed by atoms with Crippen LogP contribution in [0.4, 0.5) is 4.39 Å². The molecule has 0 amide bonds. The fraction of sp³-hybridized carbons (Fsp3) is 0.500. The number of hydrogen-bond acceptors (Lipinski definition) is 4. The number of benzene rings is 1. The number of thioether (sulfide) groups is 1. The first kappa shape index (κ1) is 14.8. The first-order valence-electron chi connectivity index (χ1n) is 5.86. The molecule has 1 aromatic rings. The number of ether oxygens (including phenoxy) is 1. The number of sulfonamides is 1. The summed E-state index contributed by atoms with van der Waals surface area (Å²) in [5.41, 5.74) is -0.433. The Morgan fingerprint density at radius 1 is 1.42 bits per heavy atom. The van der Waals surface area contributed by atoms with Crippen LogP contribution in [-0.4, -0.2) is 39.2 Å². The van der Waals surface area contributed by atoms with Gasteiger partial charge < -0.3 is 4.74 Å². The van der Waals surface area contributed by atoms with Crippen molar-refractivity contribution in [1.82, 2.24) is 4.72 Å². The Hall–Kier alpha value is -0.630. The zero-order valence-corrected chi connectivity index (χ0v) is 12.2. The molecule has 19 heavy (non-hydrogen) atoms. The summed E-state index contributed by atoms with van der Waals surface area (Å²) in [4.78, 5) is 0.0609. The number of halogens is 1. The molecule has 2 rings (SSSR count). The highest BCUT2D eigenvalue weighted by molar-refractivity contribution is 7.99. The van der Waals surface area contributed by atoms with Crippen molar-refractivity contribution < 1.29 is 17.5 Å². The average molecular weight is 305 g/mol. The molecular formula is C12H16FNO3S2. The fourth-order valence-corrected chi connectivity index (χ4v) is 4.40. The molecule has 1 unspecified atom stereocenters. The Bertz CT molecular complexity index is 524. The van der Waals surface area contributed by atoms with E-state index in [0.717, 1.165) is 30.1 Å². The Morgan fingerprint density at radius 3 is 2.63 bits per heavy atom. The Morgan fingerprint density at radius 2 is 2.11 bits per heavy atom. The minimum Gasteiger partial charge on any atom is -0.376 e. The highest BCUT2D eigenvalue weighted by Crippen LogP contribution is 2.30. The van der Waals surface area contributed by atoms with Gasteiger partial charge in [-0.25, -0.2) is 17.5 Å². The molecule has 0 aliphatic carbocycles. The first-order valence-corrected chi connectivity index (χ1v) is 8.49. The third-order valence-electron chi connectivity index (χ3n) is 3.21. The smallest absolute Gasteiger partial charge is 0.240 e. The summed E-state index contributed by atoms with van der Waals surface area (Å²) in [5, 5.41) is 0. The molecule has 1 N–H and O–H groups in total. The second-order valence-corrected chi connectivity index (χ2v) is 7.34. The lowest BCUT2D eigenvalue weighted by Crippen LogP contribution is -2.44. The largest absolute Gasteiger partial charge is 0.376 e. The first-order chi connectivity index (χ1) is 8.97. The van der Waals surface area contributed by atoms with Crippen molar-refractivity contribution in [3.05, 3.63) is 30.1 Å². The molecular weight excluding hydrogens is 289 g/mol. The zero-order valence-electron chi connectivity index (χ0n) is 10.6. The Kier molecular flexibility index (Phi) is 4.50. The Balaban J connectivity index is 2.07. The van der Waals surface area contributed by atoms with E-state index >= 15 is 0 Å². The summed E-state index contributed by atoms with van der Waals surface area (Å²) in [6.07, 6.45) is 0.820. The summed E-state index contributed by atoms with van der Waals surface area (Å²) in [7, 11) is -2.02. The molecule has 106 valence electrons. The lowest BCUT2D eigenvalue weighted by Gasteiger charge is -2.26. The molecule has 1 aliphatic heterocycles. The monoisotopic (exact) mass is 305 g/mol. The van der Waals surface area contributed by atoms with E-state index in [0.29, 0.717) is 0 Å². The lowest BCUT2D eigenvalue weighted by atomic mass is 10.0. The van der Waals surface area contributed by atoms with E-state index in [1.807, 2.05) is 0 Å². The molecule has 1 heterocycles. The molecule has 0 aromatic heterocycles. The molecule has 0 spiro atoms. The zero-order chi connectivity index (χ0) is 13.9. The molecule has 7 heteroatoms. The second-order valence-electron chi connectivity index (χ2n) is 4.47. The van der Waals surface area contributed by atoms with Gasteiger partial charge in [0.05, 0.1) is 10.5 Å². The number of hydrogen-bond donors (Lipinski definition) is 1. The van der Waals surface area contributed by atoms with E-state index in [1.165, 1.54) is 12.1 Å². The van der Waals surface area contributed by atoms with Crippen molar-refractivity contribution in [2.45, 2.75) is 16.9 Å². The molecule has 1 aromatic carbocycles. The van der Waals surface area contributed by atoms with Crippen LogP contribution in [-0.2, 0) is 14.8 Å². The summed E-state index contributed by atoms with van der Waals surface area (Å²) in [6.45, 7) is 0.232. The Labute approximate surface area is 116 Å². The molecule has 0 radical (unpaired) electrons. The fourth-order valence-electron chi connectivity index (χ4n) is 1.88. The van der Waals surface area contributed by atoms with Crippen LogP contribution in [0.5, 0.6) is 0 Å². The molecule has 1 atom stereocenters. The minimum atomic E-state index is -3.62. The van der Waals surface area contributed by atoms with Crippen molar-refractivity contribution in [3.8, 4) is 0 Å². The maximum atomic E-state index is 12.8. The van der Waals surface area contributed by atoms with Crippen LogP contribution in [0.2, 0.25) is 0 Å². The average Bonchev–Trinajstić information content (AvgIpc) is 2.87. The molecule has 0 saturated carbocycles. The third-order valence-corrected chi connectivity index (χ3v) is 5.85. The van der Waals surface area contributed by atoms with Crippen LogP contribution in [0.3, 0.4) is 0 Å². The van der Waals surface area contributed by atoms with Crippen molar-refractivity contribution >= 4 is 21.8 Å². The molecule has 1 saturated heterocycles. The van der Waals surface area contributed by atoms with Crippen LogP contribution in [0.1, 0.15) is 6.42 Å². The van der Waals surface area contributed by atoms with Crippen LogP contribution in [0.15, 0.2) is 29.2 Å². The summed E-state index contributed by atoms with van der Waals surface area (Å²) in [5.74, 6) is 1.28. The van der Waals surface area contributed by atoms with Gasteiger partial charge >= 0.3 is 0 Å². The van der Waals surface area contributed by atoms with E-state index < -0.39 is 21.4 Å². The van der Waals surface area contributed by atoms with Crippen LogP contribution in [0.25, 0.3) is 0 Å². The van der Waals surface area contributed by atoms with Crippen molar-refractivity contribution in [1.29, 1.82) is 0 Å². The van der Waals surface area contributed by atoms with Gasteiger partial charge in [-0.2, -0.15) is 11.8 Å². The van der Waals surface area contributed by atoms with E-state index in [-0.39, 0.29) is 11.4 Å². The van der Waals surface area contributed by atoms with Gasteiger partial charge in [-0.1, -0.05) is 0 Å². The normalized spacial score (nSPS) is 23.7. The summed E-state index contributed by atoms with van der Waals surface area (Å²) < 4.78 is 44.9. The van der Waals surface area contributed by atoms with Gasteiger partial charge in [-0.15, -0.1) is 0 Å². The summed E-state index contributed by atoms with van der Waals surface area (Å²) >= 11 is 1.74. The standard InChI is InChI=1S/C12H16FNO3S2/c1-17-12(6-7-18-9-12)8-14-19(15,16)11-4-2-10(13)3-5-11/h2-5,14H,6-9H2,1H3. The number of rotatable bonds is 5. The number of methoxy groups -OCH3 is 1. The quantitative estimate of drug-likeness (QED) is 0.898. The summed E-state index contributed by atoms with van der Waals surface area (Å²) in [6, 6.07) is 4.76. The maximum Gasteiger partial charge on any atom is 0.240 e. The van der Waals surface area contributed by atoms with Gasteiger partial charge in [0.1, 0.15) is 5.82 Å². The van der Waals surface area contributed by atoms with E-state index in [1.54, 1.807) is 18.9 Å². The number of nitrogens with one attached hydrogen (secondary N) is 1. The van der Waals surface area contributed by atoms with Crippen LogP contribution >= 0.6 is 11.8 Å². The second kappa shape index (κ2) is 5.78. The predicted molar refractivity (Wildman–Crippen MR) is 73.3 cm³/mol. The van der Waals surface area contributed by atoms with Gasteiger partial charge in [-0.3, -0.25) is 0 Å². The third kappa shape index (κ3) is 3.47. The van der Waals surface area contributed by atoms with E-state index in [4.69, 9.17) is 4.74 Å². The predicted octanol–water partition coefficient (Wildman–Crippen LogP) is 1.63. The SMILES string of the molecule is COC1(CNS(=O)(=O)c2ccc(F)cc2)CCSC1. The van der Waals surface area contributed by atoms with Crippen LogP contribution < -0.4 is 4.72 Å². The van der Waals surface area contributed by atoms with Gasteiger partial charge in [0.25, 0.3) is 0 Å². The van der Waals surface area contributed by atoms with E-state index in [9.17, 15) is 12.8 Å². The van der Waals surface area contributed by atoms with Crippen molar-refractivity contribution in [2.24, 2.45) is 0 Å².